The first-order valence-electron chi connectivity index (χ1n) is 4.11. The van der Waals surface area contributed by atoms with Crippen LogP contribution >= 0.6 is 11.6 Å². The van der Waals surface area contributed by atoms with Gasteiger partial charge >= 0.3 is 5.97 Å². The molecule has 1 aliphatic heterocycles. The van der Waals surface area contributed by atoms with E-state index in [1.165, 1.54) is 0 Å². The van der Waals surface area contributed by atoms with Crippen molar-refractivity contribution in [2.24, 2.45) is 5.92 Å². The number of carbonyl (C=O) groups is 2. The third-order valence-electron chi connectivity index (χ3n) is 2.09. The predicted molar refractivity (Wildman–Crippen MR) is 45.8 cm³/mol. The number of ether oxygens (including phenoxy) is 1. The molecule has 0 saturated carbocycles. The van der Waals surface area contributed by atoms with Gasteiger partial charge in [-0.15, -0.1) is 11.6 Å². The SMILES string of the molecule is O=C(O)C(Cl)C(=O)C1CCOCC1. The van der Waals surface area contributed by atoms with Gasteiger partial charge in [0.2, 0.25) is 0 Å². The van der Waals surface area contributed by atoms with E-state index in [9.17, 15) is 9.59 Å². The third-order valence-corrected chi connectivity index (χ3v) is 2.49. The summed E-state index contributed by atoms with van der Waals surface area (Å²) in [5, 5.41) is 7.10. The molecule has 1 aliphatic rings. The van der Waals surface area contributed by atoms with Crippen molar-refractivity contribution in [2.75, 3.05) is 13.2 Å². The van der Waals surface area contributed by atoms with Crippen molar-refractivity contribution in [3.05, 3.63) is 0 Å². The molecule has 13 heavy (non-hydrogen) atoms. The minimum Gasteiger partial charge on any atom is -0.480 e. The molecule has 1 fully saturated rings. The van der Waals surface area contributed by atoms with Crippen molar-refractivity contribution in [3.63, 3.8) is 0 Å². The summed E-state index contributed by atoms with van der Waals surface area (Å²) in [6.45, 7) is 1.03. The summed E-state index contributed by atoms with van der Waals surface area (Å²) in [6, 6.07) is 0. The van der Waals surface area contributed by atoms with Crippen LogP contribution in [0.25, 0.3) is 0 Å². The normalized spacial score (nSPS) is 21.0. The molecule has 0 bridgehead atoms. The summed E-state index contributed by atoms with van der Waals surface area (Å²) in [5.74, 6) is -1.90. The van der Waals surface area contributed by atoms with Gasteiger partial charge in [-0.1, -0.05) is 0 Å². The molecule has 74 valence electrons. The van der Waals surface area contributed by atoms with Crippen LogP contribution in [0.3, 0.4) is 0 Å². The average Bonchev–Trinajstić information content (AvgIpc) is 2.17. The Labute approximate surface area is 80.8 Å². The first-order valence-corrected chi connectivity index (χ1v) is 4.55. The topological polar surface area (TPSA) is 63.6 Å². The van der Waals surface area contributed by atoms with E-state index in [0.29, 0.717) is 26.1 Å². The van der Waals surface area contributed by atoms with Crippen LogP contribution in [0, 0.1) is 5.92 Å². The zero-order valence-electron chi connectivity index (χ0n) is 7.03. The van der Waals surface area contributed by atoms with Gasteiger partial charge in [0, 0.05) is 19.1 Å². The molecule has 1 unspecified atom stereocenters. The Morgan fingerprint density at radius 2 is 1.92 bits per heavy atom. The molecule has 0 aromatic rings. The number of alkyl halides is 1. The van der Waals surface area contributed by atoms with Crippen molar-refractivity contribution < 1.29 is 19.4 Å². The van der Waals surface area contributed by atoms with Gasteiger partial charge < -0.3 is 9.84 Å². The van der Waals surface area contributed by atoms with Gasteiger partial charge in [0.1, 0.15) is 0 Å². The van der Waals surface area contributed by atoms with Crippen molar-refractivity contribution in [1.82, 2.24) is 0 Å². The molecule has 1 atom stereocenters. The van der Waals surface area contributed by atoms with Gasteiger partial charge in [-0.3, -0.25) is 9.59 Å². The van der Waals surface area contributed by atoms with E-state index in [1.807, 2.05) is 0 Å². The zero-order chi connectivity index (χ0) is 9.84. The molecule has 0 spiro atoms. The lowest BCUT2D eigenvalue weighted by molar-refractivity contribution is -0.141. The number of hydrogen-bond donors (Lipinski definition) is 1. The number of carboxylic acid groups (broad SMARTS) is 1. The van der Waals surface area contributed by atoms with Gasteiger partial charge in [-0.25, -0.2) is 0 Å². The summed E-state index contributed by atoms with van der Waals surface area (Å²) < 4.78 is 5.05. The minimum atomic E-state index is -1.40. The maximum absolute atomic E-state index is 11.4. The monoisotopic (exact) mass is 206 g/mol. The van der Waals surface area contributed by atoms with Crippen molar-refractivity contribution in [2.45, 2.75) is 18.2 Å². The highest BCUT2D eigenvalue weighted by Gasteiger charge is 2.31. The lowest BCUT2D eigenvalue weighted by Gasteiger charge is -2.21. The highest BCUT2D eigenvalue weighted by atomic mass is 35.5. The Bertz CT molecular complexity index is 210. The highest BCUT2D eigenvalue weighted by molar-refractivity contribution is 6.41. The summed E-state index contributed by atoms with van der Waals surface area (Å²) in [4.78, 5) is 21.8. The number of Topliss-reactive ketones (excluding diaryl/α,β-unsaturated/α-hetero) is 1. The van der Waals surface area contributed by atoms with Crippen LogP contribution in [0.15, 0.2) is 0 Å². The van der Waals surface area contributed by atoms with Crippen LogP contribution in [0.1, 0.15) is 12.8 Å². The van der Waals surface area contributed by atoms with Crippen LogP contribution < -0.4 is 0 Å². The van der Waals surface area contributed by atoms with Crippen LogP contribution in [0.2, 0.25) is 0 Å². The maximum Gasteiger partial charge on any atom is 0.329 e. The Morgan fingerprint density at radius 3 is 2.38 bits per heavy atom. The second-order valence-electron chi connectivity index (χ2n) is 2.99. The largest absolute Gasteiger partial charge is 0.480 e. The van der Waals surface area contributed by atoms with Gasteiger partial charge in [0.25, 0.3) is 0 Å². The molecule has 0 aliphatic carbocycles. The predicted octanol–water partition coefficient (Wildman–Crippen LogP) is 0.674. The number of hydrogen-bond acceptors (Lipinski definition) is 3. The lowest BCUT2D eigenvalue weighted by Crippen LogP contribution is -2.33. The number of halogens is 1. The molecule has 0 amide bonds. The van der Waals surface area contributed by atoms with Crippen molar-refractivity contribution in [3.8, 4) is 0 Å². The van der Waals surface area contributed by atoms with Crippen molar-refractivity contribution >= 4 is 23.4 Å². The van der Waals surface area contributed by atoms with E-state index in [4.69, 9.17) is 21.4 Å². The smallest absolute Gasteiger partial charge is 0.329 e. The molecular weight excluding hydrogens is 196 g/mol. The Morgan fingerprint density at radius 1 is 1.38 bits per heavy atom. The molecule has 4 nitrogen and oxygen atoms in total. The summed E-state index contributed by atoms with van der Waals surface area (Å²) in [5.41, 5.74) is 0. The van der Waals surface area contributed by atoms with Gasteiger partial charge in [-0.2, -0.15) is 0 Å². The van der Waals surface area contributed by atoms with E-state index in [1.54, 1.807) is 0 Å². The standard InChI is InChI=1S/C8H11ClO4/c9-6(8(11)12)7(10)5-1-3-13-4-2-5/h5-6H,1-4H2,(H,11,12). The second kappa shape index (κ2) is 4.58. The molecular formula is C8H11ClO4. The quantitative estimate of drug-likeness (QED) is 0.545. The van der Waals surface area contributed by atoms with Crippen LogP contribution in [-0.2, 0) is 14.3 Å². The molecule has 0 radical (unpaired) electrons. The molecule has 5 heteroatoms. The fourth-order valence-corrected chi connectivity index (χ4v) is 1.49. The molecule has 1 rings (SSSR count). The Hall–Kier alpha value is -0.610. The van der Waals surface area contributed by atoms with Gasteiger partial charge in [-0.05, 0) is 12.8 Å². The van der Waals surface area contributed by atoms with Gasteiger partial charge in [0.05, 0.1) is 0 Å². The molecule has 1 N–H and O–H groups in total. The highest BCUT2D eigenvalue weighted by Crippen LogP contribution is 2.19. The minimum absolute atomic E-state index is 0.243. The van der Waals surface area contributed by atoms with Crippen LogP contribution in [0.4, 0.5) is 0 Å². The Balaban J connectivity index is 2.50. The summed E-state index contributed by atoms with van der Waals surface area (Å²) in [6.07, 6.45) is 1.16. The third kappa shape index (κ3) is 2.67. The summed E-state index contributed by atoms with van der Waals surface area (Å²) >= 11 is 5.41. The zero-order valence-corrected chi connectivity index (χ0v) is 7.79. The number of carboxylic acids is 1. The Kier molecular flexibility index (Phi) is 3.69. The average molecular weight is 207 g/mol. The van der Waals surface area contributed by atoms with Crippen LogP contribution in [-0.4, -0.2) is 35.4 Å². The fraction of sp³-hybridized carbons (Fsp3) is 0.750. The van der Waals surface area contributed by atoms with Gasteiger partial charge in [0.15, 0.2) is 11.2 Å². The van der Waals surface area contributed by atoms with Crippen molar-refractivity contribution in [1.29, 1.82) is 0 Å². The van der Waals surface area contributed by atoms with E-state index in [2.05, 4.69) is 0 Å². The first-order chi connectivity index (χ1) is 6.13. The van der Waals surface area contributed by atoms with E-state index in [0.717, 1.165) is 0 Å². The molecule has 1 heterocycles. The maximum atomic E-state index is 11.4. The van der Waals surface area contributed by atoms with E-state index in [-0.39, 0.29) is 5.92 Å². The second-order valence-corrected chi connectivity index (χ2v) is 3.43. The van der Waals surface area contributed by atoms with E-state index < -0.39 is 17.1 Å². The lowest BCUT2D eigenvalue weighted by atomic mass is 9.93. The summed E-state index contributed by atoms with van der Waals surface area (Å²) in [7, 11) is 0. The first kappa shape index (κ1) is 10.5. The number of ketones is 1. The van der Waals surface area contributed by atoms with Crippen LogP contribution in [0.5, 0.6) is 0 Å². The molecule has 1 saturated heterocycles. The number of carbonyl (C=O) groups excluding carboxylic acids is 1. The number of rotatable bonds is 3. The molecule has 0 aromatic heterocycles. The number of aliphatic carboxylic acids is 1. The molecule has 0 aromatic carbocycles. The fourth-order valence-electron chi connectivity index (χ4n) is 1.31. The van der Waals surface area contributed by atoms with E-state index >= 15 is 0 Å².